The molecule has 4 aromatic rings. The van der Waals surface area contributed by atoms with Crippen LogP contribution in [-0.2, 0) is 6.18 Å². The second kappa shape index (κ2) is 9.96. The third-order valence-corrected chi connectivity index (χ3v) is 6.53. The number of nitrogens with zero attached hydrogens (tertiary/aromatic N) is 4. The van der Waals surface area contributed by atoms with E-state index in [2.05, 4.69) is 20.3 Å². The Morgan fingerprint density at radius 1 is 0.946 bits per heavy atom. The Hall–Kier alpha value is -4.34. The van der Waals surface area contributed by atoms with Gasteiger partial charge >= 0.3 is 6.18 Å². The van der Waals surface area contributed by atoms with Gasteiger partial charge in [-0.2, -0.15) is 13.2 Å². The molecule has 7 nitrogen and oxygen atoms in total. The number of carbonyl (C=O) groups is 2. The zero-order valence-electron chi connectivity index (χ0n) is 19.5. The largest absolute Gasteiger partial charge is 0.417 e. The minimum Gasteiger partial charge on any atom is -0.348 e. The predicted octanol–water partition coefficient (Wildman–Crippen LogP) is 4.47. The number of hydrogen-bond acceptors (Lipinski definition) is 5. The second-order valence-electron chi connectivity index (χ2n) is 8.82. The zero-order valence-corrected chi connectivity index (χ0v) is 19.5. The van der Waals surface area contributed by atoms with Crippen LogP contribution in [0.1, 0.15) is 44.2 Å². The summed E-state index contributed by atoms with van der Waals surface area (Å²) in [7, 11) is 0. The minimum absolute atomic E-state index is 0.190. The number of piperidine rings is 1. The van der Waals surface area contributed by atoms with Crippen LogP contribution in [0.15, 0.2) is 79.4 Å². The Bertz CT molecular complexity index is 1440. The van der Waals surface area contributed by atoms with Gasteiger partial charge in [0.15, 0.2) is 0 Å². The summed E-state index contributed by atoms with van der Waals surface area (Å²) in [5.74, 6) is -1.36. The lowest BCUT2D eigenvalue weighted by Gasteiger charge is -2.39. The van der Waals surface area contributed by atoms with Crippen LogP contribution in [-0.4, -0.2) is 50.8 Å². The normalized spacial score (nSPS) is 18.0. The topological polar surface area (TPSA) is 88.1 Å². The van der Waals surface area contributed by atoms with Gasteiger partial charge in [0.1, 0.15) is 0 Å². The fourth-order valence-corrected chi connectivity index (χ4v) is 4.69. The smallest absolute Gasteiger partial charge is 0.348 e. The van der Waals surface area contributed by atoms with Crippen LogP contribution in [0.5, 0.6) is 0 Å². The Kier molecular flexibility index (Phi) is 6.56. The first-order valence-electron chi connectivity index (χ1n) is 11.7. The van der Waals surface area contributed by atoms with Crippen molar-refractivity contribution in [3.63, 3.8) is 0 Å². The van der Waals surface area contributed by atoms with E-state index in [9.17, 15) is 22.8 Å². The molecule has 2 aromatic carbocycles. The van der Waals surface area contributed by atoms with Gasteiger partial charge in [0.25, 0.3) is 11.8 Å². The van der Waals surface area contributed by atoms with Crippen molar-refractivity contribution in [1.29, 1.82) is 0 Å². The highest BCUT2D eigenvalue weighted by molar-refractivity contribution is 5.98. The molecule has 2 aromatic heterocycles. The molecule has 0 spiro atoms. The van der Waals surface area contributed by atoms with Crippen molar-refractivity contribution in [2.45, 2.75) is 24.6 Å². The number of hydrogen-bond donors (Lipinski definition) is 1. The molecule has 1 N–H and O–H groups in total. The maximum absolute atomic E-state index is 13.5. The summed E-state index contributed by atoms with van der Waals surface area (Å²) in [6.45, 7) is 0.607. The van der Waals surface area contributed by atoms with Crippen molar-refractivity contribution in [3.05, 3.63) is 102 Å². The van der Waals surface area contributed by atoms with Gasteiger partial charge in [-0.05, 0) is 36.2 Å². The molecule has 1 saturated heterocycles. The first-order chi connectivity index (χ1) is 17.8. The molecule has 0 aliphatic carbocycles. The second-order valence-corrected chi connectivity index (χ2v) is 8.82. The summed E-state index contributed by atoms with van der Waals surface area (Å²) in [6, 6.07) is 14.8. The fourth-order valence-electron chi connectivity index (χ4n) is 4.69. The van der Waals surface area contributed by atoms with Crippen LogP contribution in [0.3, 0.4) is 0 Å². The van der Waals surface area contributed by atoms with Crippen LogP contribution in [0.25, 0.3) is 11.0 Å². The number of benzene rings is 2. The van der Waals surface area contributed by atoms with Crippen molar-refractivity contribution >= 4 is 22.8 Å². The minimum atomic E-state index is -4.69. The van der Waals surface area contributed by atoms with Gasteiger partial charge in [-0.3, -0.25) is 24.5 Å². The van der Waals surface area contributed by atoms with Gasteiger partial charge < -0.3 is 10.2 Å². The summed E-state index contributed by atoms with van der Waals surface area (Å²) in [6.07, 6.45) is 0.755. The number of alkyl halides is 3. The molecule has 1 aliphatic heterocycles. The molecule has 2 amide bonds. The summed E-state index contributed by atoms with van der Waals surface area (Å²) in [5.41, 5.74) is 1.05. The number of nitrogens with one attached hydrogen (secondary N) is 1. The third-order valence-electron chi connectivity index (χ3n) is 6.53. The maximum atomic E-state index is 13.5. The van der Waals surface area contributed by atoms with E-state index in [1.54, 1.807) is 35.5 Å². The highest BCUT2D eigenvalue weighted by atomic mass is 19.4. The Labute approximate surface area is 210 Å². The van der Waals surface area contributed by atoms with Crippen molar-refractivity contribution in [3.8, 4) is 0 Å². The number of likely N-dealkylation sites (tertiary alicyclic amines) is 1. The van der Waals surface area contributed by atoms with E-state index in [0.717, 1.165) is 24.0 Å². The Balaban J connectivity index is 1.40. The van der Waals surface area contributed by atoms with E-state index in [1.807, 2.05) is 30.3 Å². The summed E-state index contributed by atoms with van der Waals surface area (Å²) in [4.78, 5) is 40.3. The molecule has 0 bridgehead atoms. The van der Waals surface area contributed by atoms with Crippen molar-refractivity contribution in [1.82, 2.24) is 25.2 Å². The molecule has 10 heteroatoms. The maximum Gasteiger partial charge on any atom is 0.417 e. The van der Waals surface area contributed by atoms with Gasteiger partial charge in [-0.25, -0.2) is 0 Å². The van der Waals surface area contributed by atoms with E-state index in [0.29, 0.717) is 29.6 Å². The van der Waals surface area contributed by atoms with Crippen molar-refractivity contribution in [2.75, 3.05) is 13.1 Å². The average molecular weight is 506 g/mol. The molecule has 0 radical (unpaired) electrons. The Morgan fingerprint density at radius 3 is 2.46 bits per heavy atom. The number of aromatic nitrogens is 3. The molecule has 188 valence electrons. The quantitative estimate of drug-likeness (QED) is 0.442. The molecule has 0 unspecified atom stereocenters. The van der Waals surface area contributed by atoms with E-state index in [4.69, 9.17) is 0 Å². The molecule has 2 atom stereocenters. The predicted molar refractivity (Wildman–Crippen MR) is 130 cm³/mol. The molecule has 0 saturated carbocycles. The van der Waals surface area contributed by atoms with E-state index in [-0.39, 0.29) is 18.4 Å². The number of carbonyl (C=O) groups excluding carboxylic acids is 2. The SMILES string of the molecule is O=C(N[C@@H]1CCN(C(=O)c2ccc3nccnc3c2)C[C@@H]1c1ccccc1)c1cnccc1C(F)(F)F. The molecule has 1 aliphatic rings. The molecule has 37 heavy (non-hydrogen) atoms. The van der Waals surface area contributed by atoms with E-state index < -0.39 is 29.3 Å². The van der Waals surface area contributed by atoms with Crippen LogP contribution < -0.4 is 5.32 Å². The highest BCUT2D eigenvalue weighted by Crippen LogP contribution is 2.33. The lowest BCUT2D eigenvalue weighted by atomic mass is 9.85. The van der Waals surface area contributed by atoms with Gasteiger partial charge in [-0.1, -0.05) is 30.3 Å². The zero-order chi connectivity index (χ0) is 26.0. The summed E-state index contributed by atoms with van der Waals surface area (Å²) >= 11 is 0. The number of halogens is 3. The summed E-state index contributed by atoms with van der Waals surface area (Å²) in [5, 5.41) is 2.78. The van der Waals surface area contributed by atoms with Gasteiger partial charge in [-0.15, -0.1) is 0 Å². The van der Waals surface area contributed by atoms with Gasteiger partial charge in [0.2, 0.25) is 0 Å². The van der Waals surface area contributed by atoms with Gasteiger partial charge in [0, 0.05) is 55.4 Å². The average Bonchev–Trinajstić information content (AvgIpc) is 2.92. The lowest BCUT2D eigenvalue weighted by molar-refractivity contribution is -0.138. The molecule has 5 rings (SSSR count). The van der Waals surface area contributed by atoms with Crippen LogP contribution in [0.2, 0.25) is 0 Å². The number of rotatable bonds is 4. The number of fused-ring (bicyclic) bond motifs is 1. The first kappa shape index (κ1) is 24.4. The monoisotopic (exact) mass is 505 g/mol. The molecular weight excluding hydrogens is 483 g/mol. The van der Waals surface area contributed by atoms with Crippen LogP contribution in [0, 0.1) is 0 Å². The van der Waals surface area contributed by atoms with Crippen molar-refractivity contribution in [2.24, 2.45) is 0 Å². The highest BCUT2D eigenvalue weighted by Gasteiger charge is 2.38. The van der Waals surface area contributed by atoms with Crippen molar-refractivity contribution < 1.29 is 22.8 Å². The number of amides is 2. The first-order valence-corrected chi connectivity index (χ1v) is 11.7. The lowest BCUT2D eigenvalue weighted by Crippen LogP contribution is -2.51. The Morgan fingerprint density at radius 2 is 1.70 bits per heavy atom. The fraction of sp³-hybridized carbons (Fsp3) is 0.222. The van der Waals surface area contributed by atoms with Crippen LogP contribution in [0.4, 0.5) is 13.2 Å². The van der Waals surface area contributed by atoms with E-state index >= 15 is 0 Å². The molecular formula is C27H22F3N5O2. The third kappa shape index (κ3) is 5.13. The van der Waals surface area contributed by atoms with E-state index in [1.165, 1.54) is 0 Å². The standard InChI is InChI=1S/C27H22F3N5O2/c28-27(29,30)21-8-10-31-15-19(21)25(36)34-22-9-13-35(16-20(22)17-4-2-1-3-5-17)26(37)18-6-7-23-24(14-18)33-12-11-32-23/h1-8,10-12,14-15,20,22H,9,13,16H2,(H,34,36)/t20-,22-/m1/s1. The molecule has 1 fully saturated rings. The number of pyridine rings is 1. The molecule has 3 heterocycles. The summed E-state index contributed by atoms with van der Waals surface area (Å²) < 4.78 is 40.4. The van der Waals surface area contributed by atoms with Crippen LogP contribution >= 0.6 is 0 Å². The van der Waals surface area contributed by atoms with Gasteiger partial charge in [0.05, 0.1) is 22.2 Å².